The van der Waals surface area contributed by atoms with Gasteiger partial charge in [0.15, 0.2) is 0 Å². The van der Waals surface area contributed by atoms with Crippen LogP contribution in [0.25, 0.3) is 0 Å². The van der Waals surface area contributed by atoms with E-state index in [0.717, 1.165) is 0 Å². The molecule has 0 spiro atoms. The molecule has 1 unspecified atom stereocenters. The second kappa shape index (κ2) is 6.20. The summed E-state index contributed by atoms with van der Waals surface area (Å²) in [5, 5.41) is 11.1. The summed E-state index contributed by atoms with van der Waals surface area (Å²) in [5.74, 6) is -0.957. The highest BCUT2D eigenvalue weighted by Gasteiger charge is 2.21. The molecular formula is C11H12ClNO4. The Balaban J connectivity index is 2.85. The molecule has 0 aliphatic carbocycles. The molecule has 0 N–H and O–H groups in total. The number of carbonyl (C=O) groups is 1. The summed E-state index contributed by atoms with van der Waals surface area (Å²) in [6, 6.07) is 6.64. The number of nitrogens with zero attached hydrogens (tertiary/aromatic N) is 1. The van der Waals surface area contributed by atoms with Crippen LogP contribution in [0, 0.1) is 10.1 Å². The van der Waals surface area contributed by atoms with Gasteiger partial charge in [-0.3, -0.25) is 14.9 Å². The predicted octanol–water partition coefficient (Wildman–Crippen LogP) is 2.26. The quantitative estimate of drug-likeness (QED) is 0.461. The van der Waals surface area contributed by atoms with E-state index in [2.05, 4.69) is 4.74 Å². The zero-order chi connectivity index (χ0) is 12.8. The second-order valence-corrected chi connectivity index (χ2v) is 3.98. The van der Waals surface area contributed by atoms with Crippen molar-refractivity contribution in [3.8, 4) is 0 Å². The van der Waals surface area contributed by atoms with Crippen molar-refractivity contribution in [1.82, 2.24) is 0 Å². The fourth-order valence-electron chi connectivity index (χ4n) is 1.49. The average Bonchev–Trinajstić information content (AvgIpc) is 2.28. The van der Waals surface area contributed by atoms with Gasteiger partial charge in [-0.25, -0.2) is 0 Å². The summed E-state index contributed by atoms with van der Waals surface area (Å²) < 4.78 is 4.52. The van der Waals surface area contributed by atoms with E-state index in [9.17, 15) is 14.9 Å². The normalized spacial score (nSPS) is 11.9. The van der Waals surface area contributed by atoms with Gasteiger partial charge >= 0.3 is 5.97 Å². The first kappa shape index (κ1) is 13.4. The van der Waals surface area contributed by atoms with Gasteiger partial charge in [-0.05, 0) is 17.7 Å². The number of nitro groups is 1. The highest BCUT2D eigenvalue weighted by Crippen LogP contribution is 2.22. The van der Waals surface area contributed by atoms with Crippen LogP contribution in [0.15, 0.2) is 24.3 Å². The summed E-state index contributed by atoms with van der Waals surface area (Å²) >= 11 is 5.73. The molecule has 1 aromatic rings. The molecule has 1 rings (SSSR count). The fourth-order valence-corrected chi connectivity index (χ4v) is 1.61. The standard InChI is InChI=1S/C11H12ClNO4/c1-17-11(14)6-9(7-13(15)16)8-2-4-10(12)5-3-8/h2-5,9H,6-7H2,1H3. The first-order valence-electron chi connectivity index (χ1n) is 4.97. The van der Waals surface area contributed by atoms with Crippen LogP contribution in [0.2, 0.25) is 5.02 Å². The number of benzene rings is 1. The van der Waals surface area contributed by atoms with Crippen molar-refractivity contribution in [3.05, 3.63) is 45.0 Å². The molecule has 0 saturated heterocycles. The Labute approximate surface area is 103 Å². The predicted molar refractivity (Wildman–Crippen MR) is 62.7 cm³/mol. The number of carbonyl (C=O) groups excluding carboxylic acids is 1. The van der Waals surface area contributed by atoms with Crippen molar-refractivity contribution in [2.45, 2.75) is 12.3 Å². The third-order valence-electron chi connectivity index (χ3n) is 2.35. The third-order valence-corrected chi connectivity index (χ3v) is 2.60. The van der Waals surface area contributed by atoms with Crippen LogP contribution in [0.4, 0.5) is 0 Å². The molecule has 0 amide bonds. The second-order valence-electron chi connectivity index (χ2n) is 3.54. The van der Waals surface area contributed by atoms with Gasteiger partial charge in [-0.2, -0.15) is 0 Å². The monoisotopic (exact) mass is 257 g/mol. The maximum absolute atomic E-state index is 11.2. The molecule has 0 aromatic heterocycles. The molecule has 0 saturated carbocycles. The largest absolute Gasteiger partial charge is 0.469 e. The van der Waals surface area contributed by atoms with E-state index in [-0.39, 0.29) is 13.0 Å². The van der Waals surface area contributed by atoms with Gasteiger partial charge in [-0.1, -0.05) is 23.7 Å². The lowest BCUT2D eigenvalue weighted by Gasteiger charge is -2.11. The van der Waals surface area contributed by atoms with Crippen molar-refractivity contribution in [3.63, 3.8) is 0 Å². The number of halogens is 1. The van der Waals surface area contributed by atoms with Gasteiger partial charge < -0.3 is 4.74 Å². The first-order chi connectivity index (χ1) is 8.02. The Hall–Kier alpha value is -1.62. The number of ether oxygens (including phenoxy) is 1. The minimum Gasteiger partial charge on any atom is -0.469 e. The van der Waals surface area contributed by atoms with E-state index in [1.165, 1.54) is 7.11 Å². The minimum absolute atomic E-state index is 0.0148. The van der Waals surface area contributed by atoms with E-state index in [1.54, 1.807) is 24.3 Å². The van der Waals surface area contributed by atoms with E-state index < -0.39 is 16.8 Å². The molecule has 0 radical (unpaired) electrons. The molecule has 1 aromatic carbocycles. The maximum Gasteiger partial charge on any atom is 0.306 e. The Kier molecular flexibility index (Phi) is 4.90. The fraction of sp³-hybridized carbons (Fsp3) is 0.364. The molecule has 0 fully saturated rings. The molecule has 17 heavy (non-hydrogen) atoms. The number of methoxy groups -OCH3 is 1. The van der Waals surface area contributed by atoms with Gasteiger partial charge in [-0.15, -0.1) is 0 Å². The van der Waals surface area contributed by atoms with Crippen LogP contribution in [0.5, 0.6) is 0 Å². The Morgan fingerprint density at radius 2 is 2.06 bits per heavy atom. The summed E-state index contributed by atoms with van der Waals surface area (Å²) in [5.41, 5.74) is 0.705. The van der Waals surface area contributed by atoms with Crippen LogP contribution in [-0.4, -0.2) is 24.5 Å². The molecule has 0 aliphatic heterocycles. The number of esters is 1. The number of rotatable bonds is 5. The lowest BCUT2D eigenvalue weighted by Crippen LogP contribution is -2.17. The van der Waals surface area contributed by atoms with E-state index >= 15 is 0 Å². The van der Waals surface area contributed by atoms with Crippen LogP contribution < -0.4 is 0 Å². The highest BCUT2D eigenvalue weighted by molar-refractivity contribution is 6.30. The van der Waals surface area contributed by atoms with E-state index in [4.69, 9.17) is 11.6 Å². The summed E-state index contributed by atoms with van der Waals surface area (Å²) in [4.78, 5) is 21.3. The molecule has 6 heteroatoms. The third kappa shape index (κ3) is 4.40. The van der Waals surface area contributed by atoms with Gasteiger partial charge in [0.2, 0.25) is 6.54 Å². The number of hydrogen-bond acceptors (Lipinski definition) is 4. The average molecular weight is 258 g/mol. The highest BCUT2D eigenvalue weighted by atomic mass is 35.5. The molecular weight excluding hydrogens is 246 g/mol. The maximum atomic E-state index is 11.2. The van der Waals surface area contributed by atoms with Gasteiger partial charge in [0.1, 0.15) is 0 Å². The Morgan fingerprint density at radius 1 is 1.47 bits per heavy atom. The van der Waals surface area contributed by atoms with Crippen LogP contribution in [0.1, 0.15) is 17.9 Å². The molecule has 0 bridgehead atoms. The molecule has 1 atom stereocenters. The first-order valence-corrected chi connectivity index (χ1v) is 5.34. The van der Waals surface area contributed by atoms with Crippen molar-refractivity contribution >= 4 is 17.6 Å². The zero-order valence-electron chi connectivity index (χ0n) is 9.26. The van der Waals surface area contributed by atoms with Crippen molar-refractivity contribution in [2.24, 2.45) is 0 Å². The van der Waals surface area contributed by atoms with Gasteiger partial charge in [0.05, 0.1) is 19.4 Å². The Bertz CT molecular complexity index is 404. The summed E-state index contributed by atoms with van der Waals surface area (Å²) in [6.07, 6.45) is -0.0148. The summed E-state index contributed by atoms with van der Waals surface area (Å²) in [7, 11) is 1.26. The van der Waals surface area contributed by atoms with Crippen molar-refractivity contribution in [2.75, 3.05) is 13.7 Å². The minimum atomic E-state index is -0.491. The van der Waals surface area contributed by atoms with Gasteiger partial charge in [0, 0.05) is 9.95 Å². The summed E-state index contributed by atoms with van der Waals surface area (Å²) in [6.45, 7) is -0.309. The molecule has 92 valence electrons. The topological polar surface area (TPSA) is 69.4 Å². The van der Waals surface area contributed by atoms with Crippen molar-refractivity contribution < 1.29 is 14.5 Å². The lowest BCUT2D eigenvalue weighted by molar-refractivity contribution is -0.483. The molecule has 0 heterocycles. The smallest absolute Gasteiger partial charge is 0.306 e. The van der Waals surface area contributed by atoms with Crippen LogP contribution in [0.3, 0.4) is 0 Å². The van der Waals surface area contributed by atoms with Crippen LogP contribution >= 0.6 is 11.6 Å². The number of hydrogen-bond donors (Lipinski definition) is 0. The van der Waals surface area contributed by atoms with E-state index in [1.807, 2.05) is 0 Å². The van der Waals surface area contributed by atoms with Crippen LogP contribution in [-0.2, 0) is 9.53 Å². The SMILES string of the molecule is COC(=O)CC(C[N+](=O)[O-])c1ccc(Cl)cc1. The van der Waals surface area contributed by atoms with Gasteiger partial charge in [0.25, 0.3) is 0 Å². The lowest BCUT2D eigenvalue weighted by atomic mass is 9.96. The van der Waals surface area contributed by atoms with E-state index in [0.29, 0.717) is 10.6 Å². The molecule has 0 aliphatic rings. The zero-order valence-corrected chi connectivity index (χ0v) is 10.0. The van der Waals surface area contributed by atoms with Crippen molar-refractivity contribution in [1.29, 1.82) is 0 Å². The Morgan fingerprint density at radius 3 is 2.53 bits per heavy atom. The molecule has 5 nitrogen and oxygen atoms in total.